The van der Waals surface area contributed by atoms with Crippen molar-refractivity contribution >= 4 is 27.5 Å². The highest BCUT2D eigenvalue weighted by Gasteiger charge is 2.12. The molecule has 1 heterocycles. The van der Waals surface area contributed by atoms with Crippen molar-refractivity contribution in [1.82, 2.24) is 4.57 Å². The van der Waals surface area contributed by atoms with Gasteiger partial charge in [-0.2, -0.15) is 0 Å². The van der Waals surface area contributed by atoms with Gasteiger partial charge in [0.2, 0.25) is 5.91 Å². The Bertz CT molecular complexity index is 753. The van der Waals surface area contributed by atoms with Crippen molar-refractivity contribution in [1.29, 1.82) is 0 Å². The van der Waals surface area contributed by atoms with Gasteiger partial charge in [0, 0.05) is 42.4 Å². The Labute approximate surface area is 144 Å². The third-order valence-electron chi connectivity index (χ3n) is 3.81. The van der Waals surface area contributed by atoms with Gasteiger partial charge in [0.15, 0.2) is 0 Å². The summed E-state index contributed by atoms with van der Waals surface area (Å²) in [5, 5.41) is 0. The van der Waals surface area contributed by atoms with E-state index in [0.29, 0.717) is 12.5 Å². The van der Waals surface area contributed by atoms with Gasteiger partial charge >= 0.3 is 0 Å². The number of hydrogen-bond donors (Lipinski definition) is 0. The lowest BCUT2D eigenvalue weighted by molar-refractivity contribution is -0.118. The molecule has 0 saturated heterocycles. The predicted octanol–water partition coefficient (Wildman–Crippen LogP) is 3.79. The second-order valence-electron chi connectivity index (χ2n) is 5.83. The smallest absolute Gasteiger partial charge is 0.250 e. The van der Waals surface area contributed by atoms with Crippen molar-refractivity contribution in [2.45, 2.75) is 32.7 Å². The molecule has 4 nitrogen and oxygen atoms in total. The van der Waals surface area contributed by atoms with E-state index in [1.54, 1.807) is 28.8 Å². The quantitative estimate of drug-likeness (QED) is 0.796. The number of pyridine rings is 1. The van der Waals surface area contributed by atoms with Crippen molar-refractivity contribution in [3.8, 4) is 0 Å². The van der Waals surface area contributed by atoms with E-state index >= 15 is 0 Å². The summed E-state index contributed by atoms with van der Waals surface area (Å²) in [4.78, 5) is 25.8. The summed E-state index contributed by atoms with van der Waals surface area (Å²) in [6.07, 6.45) is 1.98. The van der Waals surface area contributed by atoms with Crippen LogP contribution in [0.3, 0.4) is 0 Å². The Morgan fingerprint density at radius 2 is 2.00 bits per heavy atom. The molecule has 0 bridgehead atoms. The van der Waals surface area contributed by atoms with E-state index in [2.05, 4.69) is 35.8 Å². The highest BCUT2D eigenvalue weighted by atomic mass is 79.9. The average Bonchev–Trinajstić information content (AvgIpc) is 2.54. The normalized spacial score (nSPS) is 10.8. The highest BCUT2D eigenvalue weighted by Crippen LogP contribution is 2.21. The standard InChI is InChI=1S/C18H21BrN2O2/c1-13(2)14-5-4-6-16(11-14)20(3)17(22)9-10-21-12-15(19)7-8-18(21)23/h4-8,11-13H,9-10H2,1-3H3. The lowest BCUT2D eigenvalue weighted by Crippen LogP contribution is -2.29. The Balaban J connectivity index is 2.07. The van der Waals surface area contributed by atoms with Crippen LogP contribution < -0.4 is 10.5 Å². The van der Waals surface area contributed by atoms with Gasteiger partial charge in [-0.1, -0.05) is 26.0 Å². The molecule has 1 aromatic carbocycles. The van der Waals surface area contributed by atoms with Crippen LogP contribution in [0.2, 0.25) is 0 Å². The fourth-order valence-corrected chi connectivity index (χ4v) is 2.68. The summed E-state index contributed by atoms with van der Waals surface area (Å²) in [6.45, 7) is 4.62. The number of anilines is 1. The summed E-state index contributed by atoms with van der Waals surface area (Å²) >= 11 is 3.34. The van der Waals surface area contributed by atoms with Crippen molar-refractivity contribution in [2.24, 2.45) is 0 Å². The largest absolute Gasteiger partial charge is 0.315 e. The molecular formula is C18H21BrN2O2. The fourth-order valence-electron chi connectivity index (χ4n) is 2.30. The molecule has 0 atom stereocenters. The molecule has 0 unspecified atom stereocenters. The molecule has 0 N–H and O–H groups in total. The molecule has 1 aromatic heterocycles. The Morgan fingerprint density at radius 3 is 2.70 bits per heavy atom. The number of benzene rings is 1. The van der Waals surface area contributed by atoms with Crippen LogP contribution in [0, 0.1) is 0 Å². The number of carbonyl (C=O) groups excluding carboxylic acids is 1. The lowest BCUT2D eigenvalue weighted by atomic mass is 10.0. The van der Waals surface area contributed by atoms with E-state index in [9.17, 15) is 9.59 Å². The van der Waals surface area contributed by atoms with E-state index in [-0.39, 0.29) is 17.9 Å². The molecule has 122 valence electrons. The highest BCUT2D eigenvalue weighted by molar-refractivity contribution is 9.10. The van der Waals surface area contributed by atoms with Crippen LogP contribution in [-0.2, 0) is 11.3 Å². The minimum atomic E-state index is -0.106. The van der Waals surface area contributed by atoms with Crippen LogP contribution >= 0.6 is 15.9 Å². The number of aromatic nitrogens is 1. The molecule has 0 aliphatic carbocycles. The molecule has 0 aliphatic heterocycles. The van der Waals surface area contributed by atoms with Gasteiger partial charge in [-0.05, 0) is 45.6 Å². The molecule has 2 rings (SSSR count). The van der Waals surface area contributed by atoms with Crippen LogP contribution in [-0.4, -0.2) is 17.5 Å². The number of amides is 1. The average molecular weight is 377 g/mol. The van der Waals surface area contributed by atoms with Crippen LogP contribution in [0.4, 0.5) is 5.69 Å². The van der Waals surface area contributed by atoms with Gasteiger partial charge < -0.3 is 9.47 Å². The van der Waals surface area contributed by atoms with Gasteiger partial charge in [0.05, 0.1) is 0 Å². The third kappa shape index (κ3) is 4.55. The minimum absolute atomic E-state index is 0.0159. The lowest BCUT2D eigenvalue weighted by Gasteiger charge is -2.19. The zero-order chi connectivity index (χ0) is 17.0. The zero-order valence-electron chi connectivity index (χ0n) is 13.6. The molecule has 0 aliphatic rings. The van der Waals surface area contributed by atoms with Gasteiger partial charge in [-0.15, -0.1) is 0 Å². The van der Waals surface area contributed by atoms with Crippen molar-refractivity contribution < 1.29 is 4.79 Å². The third-order valence-corrected chi connectivity index (χ3v) is 4.28. The first-order valence-corrected chi connectivity index (χ1v) is 8.40. The number of nitrogens with zero attached hydrogens (tertiary/aromatic N) is 2. The molecule has 2 aromatic rings. The first-order valence-electron chi connectivity index (χ1n) is 7.61. The number of halogens is 1. The Morgan fingerprint density at radius 1 is 1.26 bits per heavy atom. The molecule has 23 heavy (non-hydrogen) atoms. The fraction of sp³-hybridized carbons (Fsp3) is 0.333. The number of carbonyl (C=O) groups is 1. The summed E-state index contributed by atoms with van der Waals surface area (Å²) in [6, 6.07) is 11.2. The summed E-state index contributed by atoms with van der Waals surface area (Å²) in [5.74, 6) is 0.400. The van der Waals surface area contributed by atoms with E-state index in [4.69, 9.17) is 0 Å². The molecule has 1 amide bonds. The predicted molar refractivity (Wildman–Crippen MR) is 97.0 cm³/mol. The number of aryl methyl sites for hydroxylation is 1. The minimum Gasteiger partial charge on any atom is -0.315 e. The summed E-state index contributed by atoms with van der Waals surface area (Å²) in [5.41, 5.74) is 1.97. The van der Waals surface area contributed by atoms with Crippen LogP contribution in [0.15, 0.2) is 51.9 Å². The Hall–Kier alpha value is -1.88. The topological polar surface area (TPSA) is 42.3 Å². The Kier molecular flexibility index (Phi) is 5.77. The SMILES string of the molecule is CC(C)c1cccc(N(C)C(=O)CCn2cc(Br)ccc2=O)c1. The van der Waals surface area contributed by atoms with E-state index in [1.165, 1.54) is 11.6 Å². The van der Waals surface area contributed by atoms with E-state index in [0.717, 1.165) is 10.2 Å². The first kappa shape index (κ1) is 17.5. The number of hydrogen-bond acceptors (Lipinski definition) is 2. The van der Waals surface area contributed by atoms with Crippen molar-refractivity contribution in [2.75, 3.05) is 11.9 Å². The van der Waals surface area contributed by atoms with Gasteiger partial charge in [-0.3, -0.25) is 9.59 Å². The maximum Gasteiger partial charge on any atom is 0.250 e. The van der Waals surface area contributed by atoms with E-state index < -0.39 is 0 Å². The van der Waals surface area contributed by atoms with Gasteiger partial charge in [0.25, 0.3) is 5.56 Å². The molecule has 0 saturated carbocycles. The van der Waals surface area contributed by atoms with Crippen molar-refractivity contribution in [3.05, 3.63) is 63.0 Å². The van der Waals surface area contributed by atoms with Gasteiger partial charge in [0.1, 0.15) is 0 Å². The van der Waals surface area contributed by atoms with Crippen LogP contribution in [0.5, 0.6) is 0 Å². The maximum absolute atomic E-state index is 12.4. The molecule has 0 spiro atoms. The summed E-state index contributed by atoms with van der Waals surface area (Å²) < 4.78 is 2.36. The second kappa shape index (κ2) is 7.59. The van der Waals surface area contributed by atoms with Crippen LogP contribution in [0.1, 0.15) is 31.7 Å². The molecular weight excluding hydrogens is 356 g/mol. The molecule has 5 heteroatoms. The van der Waals surface area contributed by atoms with E-state index in [1.807, 2.05) is 18.2 Å². The zero-order valence-corrected chi connectivity index (χ0v) is 15.2. The van der Waals surface area contributed by atoms with Gasteiger partial charge in [-0.25, -0.2) is 0 Å². The first-order chi connectivity index (χ1) is 10.9. The molecule has 0 radical (unpaired) electrons. The second-order valence-corrected chi connectivity index (χ2v) is 6.75. The monoisotopic (exact) mass is 376 g/mol. The van der Waals surface area contributed by atoms with Crippen LogP contribution in [0.25, 0.3) is 0 Å². The van der Waals surface area contributed by atoms with Crippen molar-refractivity contribution in [3.63, 3.8) is 0 Å². The number of rotatable bonds is 5. The maximum atomic E-state index is 12.4. The molecule has 0 fully saturated rings. The summed E-state index contributed by atoms with van der Waals surface area (Å²) in [7, 11) is 1.77.